The Bertz CT molecular complexity index is 351. The molecular formula is C12H17F3N2S. The number of hydrazine groups is 1. The normalized spacial score (nSPS) is 13.6. The predicted octanol–water partition coefficient (Wildman–Crippen LogP) is 2.83. The fraction of sp³-hybridized carbons (Fsp3) is 0.500. The lowest BCUT2D eigenvalue weighted by molar-refractivity contribution is -0.137. The number of benzene rings is 1. The van der Waals surface area contributed by atoms with Crippen LogP contribution >= 0.6 is 11.8 Å². The molecule has 1 aromatic rings. The SMILES string of the molecule is CSCCC(Cc1ccc(C(F)(F)F)cc1)NN. The molecule has 1 atom stereocenters. The van der Waals surface area contributed by atoms with E-state index in [2.05, 4.69) is 5.43 Å². The summed E-state index contributed by atoms with van der Waals surface area (Å²) in [7, 11) is 0. The first-order chi connectivity index (χ1) is 8.47. The van der Waals surface area contributed by atoms with Crippen LogP contribution in [0, 0.1) is 0 Å². The van der Waals surface area contributed by atoms with Gasteiger partial charge in [-0.2, -0.15) is 24.9 Å². The summed E-state index contributed by atoms with van der Waals surface area (Å²) in [6.45, 7) is 0. The smallest absolute Gasteiger partial charge is 0.271 e. The van der Waals surface area contributed by atoms with E-state index in [0.29, 0.717) is 6.42 Å². The van der Waals surface area contributed by atoms with E-state index in [1.807, 2.05) is 6.26 Å². The maximum absolute atomic E-state index is 12.4. The first kappa shape index (κ1) is 15.3. The van der Waals surface area contributed by atoms with Crippen LogP contribution in [0.2, 0.25) is 0 Å². The fourth-order valence-corrected chi connectivity index (χ4v) is 2.14. The molecule has 2 nitrogen and oxygen atoms in total. The molecule has 1 unspecified atom stereocenters. The third-order valence-electron chi connectivity index (χ3n) is 2.67. The van der Waals surface area contributed by atoms with Crippen LogP contribution in [0.5, 0.6) is 0 Å². The zero-order valence-electron chi connectivity index (χ0n) is 10.1. The van der Waals surface area contributed by atoms with Gasteiger partial charge < -0.3 is 0 Å². The maximum Gasteiger partial charge on any atom is 0.416 e. The number of alkyl halides is 3. The quantitative estimate of drug-likeness (QED) is 0.621. The number of hydrogen-bond donors (Lipinski definition) is 2. The standard InChI is InChI=1S/C12H17F3N2S/c1-18-7-6-11(17-16)8-9-2-4-10(5-3-9)12(13,14)15/h2-5,11,17H,6-8,16H2,1H3. The van der Waals surface area contributed by atoms with Gasteiger partial charge in [-0.05, 0) is 42.5 Å². The minimum absolute atomic E-state index is 0.0918. The van der Waals surface area contributed by atoms with Gasteiger partial charge in [0.1, 0.15) is 0 Å². The molecule has 0 bridgehead atoms. The van der Waals surface area contributed by atoms with Crippen molar-refractivity contribution in [2.75, 3.05) is 12.0 Å². The molecule has 1 aromatic carbocycles. The Morgan fingerprint density at radius 3 is 2.33 bits per heavy atom. The highest BCUT2D eigenvalue weighted by atomic mass is 32.2. The molecule has 3 N–H and O–H groups in total. The zero-order chi connectivity index (χ0) is 13.6. The molecular weight excluding hydrogens is 261 g/mol. The van der Waals surface area contributed by atoms with Gasteiger partial charge in [0.15, 0.2) is 0 Å². The van der Waals surface area contributed by atoms with Crippen molar-refractivity contribution >= 4 is 11.8 Å². The second-order valence-corrected chi connectivity index (χ2v) is 5.03. The van der Waals surface area contributed by atoms with E-state index in [1.54, 1.807) is 11.8 Å². The van der Waals surface area contributed by atoms with E-state index < -0.39 is 11.7 Å². The van der Waals surface area contributed by atoms with Crippen molar-refractivity contribution in [3.63, 3.8) is 0 Å². The Kier molecular flexibility index (Phi) is 5.98. The monoisotopic (exact) mass is 278 g/mol. The van der Waals surface area contributed by atoms with Crippen LogP contribution < -0.4 is 11.3 Å². The molecule has 0 radical (unpaired) electrons. The Labute approximate surface area is 109 Å². The van der Waals surface area contributed by atoms with Crippen molar-refractivity contribution in [1.29, 1.82) is 0 Å². The number of nitrogens with two attached hydrogens (primary N) is 1. The predicted molar refractivity (Wildman–Crippen MR) is 69.3 cm³/mol. The fourth-order valence-electron chi connectivity index (χ4n) is 1.62. The second-order valence-electron chi connectivity index (χ2n) is 4.04. The third kappa shape index (κ3) is 4.88. The first-order valence-corrected chi connectivity index (χ1v) is 6.98. The van der Waals surface area contributed by atoms with E-state index in [0.717, 1.165) is 29.9 Å². The molecule has 0 saturated heterocycles. The van der Waals surface area contributed by atoms with Gasteiger partial charge in [-0.25, -0.2) is 0 Å². The summed E-state index contributed by atoms with van der Waals surface area (Å²) >= 11 is 1.72. The third-order valence-corrected chi connectivity index (χ3v) is 3.31. The van der Waals surface area contributed by atoms with Crippen molar-refractivity contribution in [1.82, 2.24) is 5.43 Å². The summed E-state index contributed by atoms with van der Waals surface area (Å²) in [5, 5.41) is 0. The Balaban J connectivity index is 2.62. The topological polar surface area (TPSA) is 38.0 Å². The van der Waals surface area contributed by atoms with Gasteiger partial charge in [0.05, 0.1) is 5.56 Å². The molecule has 6 heteroatoms. The summed E-state index contributed by atoms with van der Waals surface area (Å²) in [4.78, 5) is 0. The van der Waals surface area contributed by atoms with E-state index in [9.17, 15) is 13.2 Å². The number of hydrogen-bond acceptors (Lipinski definition) is 3. The summed E-state index contributed by atoms with van der Waals surface area (Å²) < 4.78 is 37.1. The van der Waals surface area contributed by atoms with Gasteiger partial charge >= 0.3 is 6.18 Å². The zero-order valence-corrected chi connectivity index (χ0v) is 10.9. The molecule has 0 saturated carbocycles. The molecule has 0 aliphatic carbocycles. The lowest BCUT2D eigenvalue weighted by Gasteiger charge is -2.15. The van der Waals surface area contributed by atoms with Gasteiger partial charge in [-0.3, -0.25) is 11.3 Å². The first-order valence-electron chi connectivity index (χ1n) is 5.58. The summed E-state index contributed by atoms with van der Waals surface area (Å²) in [6.07, 6.45) is -0.748. The molecule has 0 heterocycles. The molecule has 0 aliphatic rings. The van der Waals surface area contributed by atoms with Gasteiger partial charge in [0, 0.05) is 6.04 Å². The van der Waals surface area contributed by atoms with Crippen LogP contribution in [0.3, 0.4) is 0 Å². The van der Waals surface area contributed by atoms with Gasteiger partial charge in [-0.15, -0.1) is 0 Å². The molecule has 0 spiro atoms. The van der Waals surface area contributed by atoms with Crippen molar-refractivity contribution in [3.8, 4) is 0 Å². The Morgan fingerprint density at radius 1 is 1.28 bits per heavy atom. The van der Waals surface area contributed by atoms with Crippen LogP contribution in [0.25, 0.3) is 0 Å². The van der Waals surface area contributed by atoms with E-state index in [4.69, 9.17) is 5.84 Å². The number of rotatable bonds is 6. The average molecular weight is 278 g/mol. The van der Waals surface area contributed by atoms with Gasteiger partial charge in [0.25, 0.3) is 0 Å². The van der Waals surface area contributed by atoms with Crippen LogP contribution in [0.4, 0.5) is 13.2 Å². The van der Waals surface area contributed by atoms with Gasteiger partial charge in [0.2, 0.25) is 0 Å². The largest absolute Gasteiger partial charge is 0.416 e. The van der Waals surface area contributed by atoms with E-state index in [-0.39, 0.29) is 6.04 Å². The van der Waals surface area contributed by atoms with E-state index >= 15 is 0 Å². The number of halogens is 3. The maximum atomic E-state index is 12.4. The lowest BCUT2D eigenvalue weighted by Crippen LogP contribution is -2.37. The van der Waals surface area contributed by atoms with Crippen molar-refractivity contribution in [2.45, 2.75) is 25.1 Å². The Hall–Kier alpha value is -0.720. The van der Waals surface area contributed by atoms with Crippen LogP contribution in [-0.2, 0) is 12.6 Å². The highest BCUT2D eigenvalue weighted by Crippen LogP contribution is 2.29. The van der Waals surface area contributed by atoms with Crippen LogP contribution in [-0.4, -0.2) is 18.1 Å². The molecule has 0 aromatic heterocycles. The van der Waals surface area contributed by atoms with Crippen LogP contribution in [0.15, 0.2) is 24.3 Å². The molecule has 102 valence electrons. The van der Waals surface area contributed by atoms with Crippen molar-refractivity contribution in [2.24, 2.45) is 5.84 Å². The summed E-state index contributed by atoms with van der Waals surface area (Å²) in [5.74, 6) is 6.39. The number of nitrogens with one attached hydrogen (secondary N) is 1. The highest BCUT2D eigenvalue weighted by molar-refractivity contribution is 7.98. The highest BCUT2D eigenvalue weighted by Gasteiger charge is 2.29. The lowest BCUT2D eigenvalue weighted by atomic mass is 10.0. The molecule has 0 aliphatic heterocycles. The summed E-state index contributed by atoms with van der Waals surface area (Å²) in [6, 6.07) is 5.32. The second kappa shape index (κ2) is 7.01. The minimum Gasteiger partial charge on any atom is -0.271 e. The average Bonchev–Trinajstić information content (AvgIpc) is 2.34. The van der Waals surface area contributed by atoms with E-state index in [1.165, 1.54) is 12.1 Å². The molecule has 18 heavy (non-hydrogen) atoms. The van der Waals surface area contributed by atoms with Crippen LogP contribution in [0.1, 0.15) is 17.5 Å². The van der Waals surface area contributed by atoms with Gasteiger partial charge in [-0.1, -0.05) is 12.1 Å². The van der Waals surface area contributed by atoms with Crippen molar-refractivity contribution in [3.05, 3.63) is 35.4 Å². The summed E-state index contributed by atoms with van der Waals surface area (Å²) in [5.41, 5.74) is 2.93. The molecule has 0 amide bonds. The molecule has 1 rings (SSSR count). The minimum atomic E-state index is -4.27. The molecule has 0 fully saturated rings. The Morgan fingerprint density at radius 2 is 1.89 bits per heavy atom. The number of thioether (sulfide) groups is 1. The van der Waals surface area contributed by atoms with Crippen molar-refractivity contribution < 1.29 is 13.2 Å².